The zero-order valence-corrected chi connectivity index (χ0v) is 18.2. The molecule has 0 bridgehead atoms. The number of rotatable bonds is 5. The summed E-state index contributed by atoms with van der Waals surface area (Å²) in [5.41, 5.74) is -0.360. The van der Waals surface area contributed by atoms with Crippen LogP contribution in [0.1, 0.15) is 53.5 Å². The van der Waals surface area contributed by atoms with Gasteiger partial charge in [-0.25, -0.2) is 9.59 Å². The number of likely N-dealkylation sites (tertiary alicyclic amines) is 1. The fourth-order valence-electron chi connectivity index (χ4n) is 3.13. The number of esters is 1. The van der Waals surface area contributed by atoms with Crippen LogP contribution in [0, 0.1) is 0 Å². The highest BCUT2D eigenvalue weighted by Crippen LogP contribution is 2.21. The summed E-state index contributed by atoms with van der Waals surface area (Å²) < 4.78 is 10.8. The van der Waals surface area contributed by atoms with E-state index in [1.165, 1.54) is 4.90 Å². The quantitative estimate of drug-likeness (QED) is 0.763. The molecule has 2 atom stereocenters. The lowest BCUT2D eigenvalue weighted by Gasteiger charge is -2.30. The second kappa shape index (κ2) is 8.84. The van der Waals surface area contributed by atoms with E-state index in [4.69, 9.17) is 9.47 Å². The highest BCUT2D eigenvalue weighted by molar-refractivity contribution is 5.87. The maximum atomic E-state index is 12.9. The first-order valence-corrected chi connectivity index (χ1v) is 9.90. The molecule has 160 valence electrons. The van der Waals surface area contributed by atoms with Crippen LogP contribution in [0.4, 0.5) is 4.79 Å². The van der Waals surface area contributed by atoms with Crippen molar-refractivity contribution in [2.45, 2.75) is 77.7 Å². The lowest BCUT2D eigenvalue weighted by atomic mass is 10.0. The Kier molecular flexibility index (Phi) is 6.93. The number of alkyl carbamates (subject to hydrolysis) is 1. The monoisotopic (exact) mass is 404 g/mol. The van der Waals surface area contributed by atoms with Gasteiger partial charge in [0.1, 0.15) is 17.2 Å². The van der Waals surface area contributed by atoms with Gasteiger partial charge in [-0.2, -0.15) is 0 Å². The van der Waals surface area contributed by atoms with Crippen LogP contribution in [0.15, 0.2) is 30.3 Å². The van der Waals surface area contributed by atoms with E-state index >= 15 is 0 Å². The molecular formula is C22H32N2O5. The van der Waals surface area contributed by atoms with E-state index in [2.05, 4.69) is 5.32 Å². The van der Waals surface area contributed by atoms with Crippen molar-refractivity contribution in [2.75, 3.05) is 6.54 Å². The minimum absolute atomic E-state index is 0.118. The largest absolute Gasteiger partial charge is 0.458 e. The highest BCUT2D eigenvalue weighted by Gasteiger charge is 2.40. The maximum Gasteiger partial charge on any atom is 0.407 e. The Balaban J connectivity index is 2.14. The Morgan fingerprint density at radius 2 is 1.66 bits per heavy atom. The predicted molar refractivity (Wildman–Crippen MR) is 109 cm³/mol. The van der Waals surface area contributed by atoms with Gasteiger partial charge in [-0.1, -0.05) is 30.3 Å². The van der Waals surface area contributed by atoms with E-state index in [1.807, 2.05) is 30.3 Å². The molecular weight excluding hydrogens is 372 g/mol. The molecule has 7 heteroatoms. The molecule has 2 rings (SSSR count). The molecule has 0 radical (unpaired) electrons. The summed E-state index contributed by atoms with van der Waals surface area (Å²) in [7, 11) is 0. The van der Waals surface area contributed by atoms with Crippen LogP contribution in [0.2, 0.25) is 0 Å². The summed E-state index contributed by atoms with van der Waals surface area (Å²) in [5.74, 6) is -0.648. The average Bonchev–Trinajstić information content (AvgIpc) is 2.90. The zero-order valence-electron chi connectivity index (χ0n) is 18.2. The number of benzene rings is 1. The van der Waals surface area contributed by atoms with E-state index in [9.17, 15) is 14.4 Å². The van der Waals surface area contributed by atoms with Crippen LogP contribution < -0.4 is 5.32 Å². The van der Waals surface area contributed by atoms with Crippen molar-refractivity contribution in [3.8, 4) is 0 Å². The van der Waals surface area contributed by atoms with Gasteiger partial charge >= 0.3 is 12.1 Å². The number of hydrogen-bond acceptors (Lipinski definition) is 5. The van der Waals surface area contributed by atoms with Gasteiger partial charge in [0.2, 0.25) is 5.91 Å². The zero-order chi connectivity index (χ0) is 21.8. The molecule has 1 aromatic rings. The smallest absolute Gasteiger partial charge is 0.407 e. The van der Waals surface area contributed by atoms with Crippen LogP contribution in [-0.4, -0.2) is 52.7 Å². The Morgan fingerprint density at radius 3 is 2.21 bits per heavy atom. The molecule has 1 N–H and O–H groups in total. The molecule has 1 aliphatic rings. The van der Waals surface area contributed by atoms with Gasteiger partial charge in [0.25, 0.3) is 0 Å². The van der Waals surface area contributed by atoms with Crippen LogP contribution >= 0.6 is 0 Å². The van der Waals surface area contributed by atoms with Crippen molar-refractivity contribution in [3.05, 3.63) is 35.9 Å². The Morgan fingerprint density at radius 1 is 1.07 bits per heavy atom. The van der Waals surface area contributed by atoms with Gasteiger partial charge < -0.3 is 19.7 Å². The number of amides is 2. The fourth-order valence-corrected chi connectivity index (χ4v) is 3.13. The lowest BCUT2D eigenvalue weighted by Crippen LogP contribution is -2.48. The van der Waals surface area contributed by atoms with Gasteiger partial charge in [0.15, 0.2) is 0 Å². The van der Waals surface area contributed by atoms with Gasteiger partial charge in [-0.15, -0.1) is 0 Å². The standard InChI is InChI=1S/C22H32N2O5/c1-21(2,3)28-19(26)17(12-15-10-8-7-9-11-15)24-14-16(13-18(24)25)23-20(27)29-22(4,5)6/h7-11,16-17H,12-14H2,1-6H3,(H,23,27)/t16-,17+/m1/s1. The number of nitrogens with zero attached hydrogens (tertiary/aromatic N) is 1. The summed E-state index contributed by atoms with van der Waals surface area (Å²) in [4.78, 5) is 39.1. The lowest BCUT2D eigenvalue weighted by molar-refractivity contribution is -0.163. The molecule has 1 heterocycles. The van der Waals surface area contributed by atoms with E-state index in [1.54, 1.807) is 41.5 Å². The minimum atomic E-state index is -0.755. The first kappa shape index (κ1) is 22.7. The van der Waals surface area contributed by atoms with Gasteiger partial charge in [0.05, 0.1) is 6.04 Å². The summed E-state index contributed by atoms with van der Waals surface area (Å²) in [6, 6.07) is 8.32. The summed E-state index contributed by atoms with van der Waals surface area (Å²) in [6.45, 7) is 10.9. The number of ether oxygens (including phenoxy) is 2. The molecule has 0 unspecified atom stereocenters. The van der Waals surface area contributed by atoms with Gasteiger partial charge in [0, 0.05) is 19.4 Å². The van der Waals surface area contributed by atoms with Crippen molar-refractivity contribution in [1.29, 1.82) is 0 Å². The molecule has 1 saturated heterocycles. The van der Waals surface area contributed by atoms with Crippen molar-refractivity contribution >= 4 is 18.0 Å². The molecule has 7 nitrogen and oxygen atoms in total. The Hall–Kier alpha value is -2.57. The van der Waals surface area contributed by atoms with E-state index in [0.29, 0.717) is 6.42 Å². The minimum Gasteiger partial charge on any atom is -0.458 e. The molecule has 29 heavy (non-hydrogen) atoms. The third-order valence-corrected chi connectivity index (χ3v) is 4.21. The molecule has 0 aromatic heterocycles. The second-order valence-corrected chi connectivity index (χ2v) is 9.33. The first-order chi connectivity index (χ1) is 13.3. The first-order valence-electron chi connectivity index (χ1n) is 9.90. The Bertz CT molecular complexity index is 734. The molecule has 1 fully saturated rings. The highest BCUT2D eigenvalue weighted by atomic mass is 16.6. The summed E-state index contributed by atoms with van der Waals surface area (Å²) in [5, 5.41) is 2.73. The normalized spacial score (nSPS) is 18.3. The van der Waals surface area contributed by atoms with Crippen LogP contribution in [0.3, 0.4) is 0 Å². The average molecular weight is 405 g/mol. The summed E-state index contributed by atoms with van der Waals surface area (Å²) >= 11 is 0. The molecule has 0 aliphatic carbocycles. The molecule has 1 aromatic carbocycles. The maximum absolute atomic E-state index is 12.9. The van der Waals surface area contributed by atoms with Crippen molar-refractivity contribution in [2.24, 2.45) is 0 Å². The molecule has 0 saturated carbocycles. The van der Waals surface area contributed by atoms with Crippen molar-refractivity contribution in [1.82, 2.24) is 10.2 Å². The van der Waals surface area contributed by atoms with E-state index < -0.39 is 35.3 Å². The third kappa shape index (κ3) is 7.40. The molecule has 2 amide bonds. The SMILES string of the molecule is CC(C)(C)OC(=O)N[C@@H]1CC(=O)N([C@@H](Cc2ccccc2)C(=O)OC(C)(C)C)C1. The number of carbonyl (C=O) groups is 3. The van der Waals surface area contributed by atoms with Crippen LogP contribution in [0.25, 0.3) is 0 Å². The number of hydrogen-bond donors (Lipinski definition) is 1. The fraction of sp³-hybridized carbons (Fsp3) is 0.591. The van der Waals surface area contributed by atoms with Gasteiger partial charge in [-0.3, -0.25) is 4.79 Å². The van der Waals surface area contributed by atoms with E-state index in [0.717, 1.165) is 5.56 Å². The number of carbonyl (C=O) groups excluding carboxylic acids is 3. The van der Waals surface area contributed by atoms with E-state index in [-0.39, 0.29) is 18.9 Å². The third-order valence-electron chi connectivity index (χ3n) is 4.21. The number of nitrogens with one attached hydrogen (secondary N) is 1. The van der Waals surface area contributed by atoms with Gasteiger partial charge in [-0.05, 0) is 47.1 Å². The Labute approximate surface area is 172 Å². The molecule has 1 aliphatic heterocycles. The van der Waals surface area contributed by atoms with Crippen LogP contribution in [-0.2, 0) is 25.5 Å². The van der Waals surface area contributed by atoms with Crippen molar-refractivity contribution < 1.29 is 23.9 Å². The molecule has 0 spiro atoms. The van der Waals surface area contributed by atoms with Crippen LogP contribution in [0.5, 0.6) is 0 Å². The topological polar surface area (TPSA) is 84.9 Å². The second-order valence-electron chi connectivity index (χ2n) is 9.33. The van der Waals surface area contributed by atoms with Crippen molar-refractivity contribution in [3.63, 3.8) is 0 Å². The summed E-state index contributed by atoms with van der Waals surface area (Å²) in [6.07, 6.45) is -0.109. The predicted octanol–water partition coefficient (Wildman–Crippen LogP) is 3.07.